The molecule has 2 amide bonds. The molecule has 4 rings (SSSR count). The molecule has 0 radical (unpaired) electrons. The summed E-state index contributed by atoms with van der Waals surface area (Å²) in [5.41, 5.74) is 5.04. The van der Waals surface area contributed by atoms with E-state index in [1.54, 1.807) is 43.5 Å². The molecule has 0 bridgehead atoms. The Labute approximate surface area is 216 Å². The highest BCUT2D eigenvalue weighted by atomic mass is 16.5. The van der Waals surface area contributed by atoms with Gasteiger partial charge in [-0.15, -0.1) is 0 Å². The number of methoxy groups -OCH3 is 2. The maximum atomic E-state index is 13.0. The van der Waals surface area contributed by atoms with Gasteiger partial charge in [0.15, 0.2) is 0 Å². The van der Waals surface area contributed by atoms with Crippen molar-refractivity contribution in [1.82, 2.24) is 10.3 Å². The Kier molecular flexibility index (Phi) is 8.75. The van der Waals surface area contributed by atoms with Crippen molar-refractivity contribution in [2.75, 3.05) is 27.3 Å². The molecule has 0 atom stereocenters. The minimum Gasteiger partial charge on any atom is -0.497 e. The SMILES string of the molecule is COc1cc(OC)cc(C(=O)N2CCC(C(=O)N/N=C\c3cccc(OCc4ccccc4)c3)CC2)c1. The van der Waals surface area contributed by atoms with Crippen molar-refractivity contribution in [3.8, 4) is 17.2 Å². The second-order valence-corrected chi connectivity index (χ2v) is 8.75. The zero-order valence-electron chi connectivity index (χ0n) is 21.1. The highest BCUT2D eigenvalue weighted by Crippen LogP contribution is 2.25. The van der Waals surface area contributed by atoms with Crippen molar-refractivity contribution in [3.05, 3.63) is 89.5 Å². The van der Waals surface area contributed by atoms with Crippen LogP contribution >= 0.6 is 0 Å². The zero-order chi connectivity index (χ0) is 26.0. The van der Waals surface area contributed by atoms with Gasteiger partial charge in [-0.1, -0.05) is 42.5 Å². The van der Waals surface area contributed by atoms with Crippen molar-refractivity contribution < 1.29 is 23.8 Å². The number of carbonyl (C=O) groups excluding carboxylic acids is 2. The van der Waals surface area contributed by atoms with Gasteiger partial charge in [0.2, 0.25) is 5.91 Å². The van der Waals surface area contributed by atoms with Crippen molar-refractivity contribution in [2.24, 2.45) is 11.0 Å². The van der Waals surface area contributed by atoms with E-state index in [2.05, 4.69) is 10.5 Å². The van der Waals surface area contributed by atoms with Gasteiger partial charge in [0.25, 0.3) is 5.91 Å². The third-order valence-electron chi connectivity index (χ3n) is 6.25. The predicted octanol–water partition coefficient (Wildman–Crippen LogP) is 4.29. The van der Waals surface area contributed by atoms with E-state index in [0.717, 1.165) is 16.9 Å². The molecule has 8 heteroatoms. The lowest BCUT2D eigenvalue weighted by Crippen LogP contribution is -2.42. The molecule has 1 N–H and O–H groups in total. The fourth-order valence-electron chi connectivity index (χ4n) is 4.15. The average Bonchev–Trinajstić information content (AvgIpc) is 2.96. The van der Waals surface area contributed by atoms with E-state index >= 15 is 0 Å². The van der Waals surface area contributed by atoms with Gasteiger partial charge in [-0.2, -0.15) is 5.10 Å². The van der Waals surface area contributed by atoms with Crippen LogP contribution in [0.15, 0.2) is 77.9 Å². The van der Waals surface area contributed by atoms with Crippen LogP contribution in [-0.2, 0) is 11.4 Å². The Morgan fingerprint density at radius 1 is 0.919 bits per heavy atom. The fourth-order valence-corrected chi connectivity index (χ4v) is 4.15. The summed E-state index contributed by atoms with van der Waals surface area (Å²) in [6.45, 7) is 1.45. The van der Waals surface area contributed by atoms with E-state index in [-0.39, 0.29) is 17.7 Å². The molecule has 0 aliphatic carbocycles. The number of nitrogens with zero attached hydrogens (tertiary/aromatic N) is 2. The number of carbonyl (C=O) groups is 2. The summed E-state index contributed by atoms with van der Waals surface area (Å²) in [5, 5.41) is 4.13. The maximum Gasteiger partial charge on any atom is 0.254 e. The molecule has 1 saturated heterocycles. The number of likely N-dealkylation sites (tertiary alicyclic amines) is 1. The van der Waals surface area contributed by atoms with Crippen LogP contribution in [0.2, 0.25) is 0 Å². The van der Waals surface area contributed by atoms with Gasteiger partial charge >= 0.3 is 0 Å². The number of benzene rings is 3. The number of amides is 2. The first-order chi connectivity index (χ1) is 18.1. The quantitative estimate of drug-likeness (QED) is 0.349. The summed E-state index contributed by atoms with van der Waals surface area (Å²) in [6, 6.07) is 22.6. The largest absolute Gasteiger partial charge is 0.497 e. The lowest BCUT2D eigenvalue weighted by atomic mass is 9.95. The van der Waals surface area contributed by atoms with Gasteiger partial charge in [-0.05, 0) is 48.2 Å². The van der Waals surface area contributed by atoms with Crippen LogP contribution < -0.4 is 19.6 Å². The molecule has 37 heavy (non-hydrogen) atoms. The summed E-state index contributed by atoms with van der Waals surface area (Å²) in [5.74, 6) is 1.38. The summed E-state index contributed by atoms with van der Waals surface area (Å²) in [7, 11) is 3.10. The van der Waals surface area contributed by atoms with Crippen molar-refractivity contribution in [1.29, 1.82) is 0 Å². The van der Waals surface area contributed by atoms with Crippen LogP contribution in [0.4, 0.5) is 0 Å². The van der Waals surface area contributed by atoms with E-state index in [9.17, 15) is 9.59 Å². The monoisotopic (exact) mass is 501 g/mol. The van der Waals surface area contributed by atoms with E-state index in [1.807, 2.05) is 54.6 Å². The third-order valence-corrected chi connectivity index (χ3v) is 6.25. The van der Waals surface area contributed by atoms with Crippen molar-refractivity contribution in [2.45, 2.75) is 19.4 Å². The van der Waals surface area contributed by atoms with E-state index < -0.39 is 0 Å². The molecule has 1 aliphatic rings. The Balaban J connectivity index is 1.26. The number of ether oxygens (including phenoxy) is 3. The molecule has 1 heterocycles. The normalized spacial score (nSPS) is 13.8. The van der Waals surface area contributed by atoms with Crippen molar-refractivity contribution >= 4 is 18.0 Å². The topological polar surface area (TPSA) is 89.5 Å². The standard InChI is InChI=1S/C29H31N3O5/c1-35-26-16-24(17-27(18-26)36-2)29(34)32-13-11-23(12-14-32)28(33)31-30-19-22-9-6-10-25(15-22)37-20-21-7-4-3-5-8-21/h3-10,15-19,23H,11-14,20H2,1-2H3,(H,31,33)/b30-19-. The van der Waals surface area contributed by atoms with Gasteiger partial charge < -0.3 is 19.1 Å². The van der Waals surface area contributed by atoms with Crippen LogP contribution in [-0.4, -0.2) is 50.2 Å². The first-order valence-corrected chi connectivity index (χ1v) is 12.2. The number of piperidine rings is 1. The Morgan fingerprint density at radius 3 is 2.30 bits per heavy atom. The number of hydrogen-bond donors (Lipinski definition) is 1. The van der Waals surface area contributed by atoms with Crippen LogP contribution in [0.5, 0.6) is 17.2 Å². The maximum absolute atomic E-state index is 13.0. The summed E-state index contributed by atoms with van der Waals surface area (Å²) in [4.78, 5) is 27.4. The van der Waals surface area contributed by atoms with Gasteiger partial charge in [0.05, 0.1) is 20.4 Å². The Hall–Kier alpha value is -4.33. The molecular weight excluding hydrogens is 470 g/mol. The highest BCUT2D eigenvalue weighted by molar-refractivity contribution is 5.95. The lowest BCUT2D eigenvalue weighted by Gasteiger charge is -2.31. The lowest BCUT2D eigenvalue weighted by molar-refractivity contribution is -0.126. The Morgan fingerprint density at radius 2 is 1.62 bits per heavy atom. The first-order valence-electron chi connectivity index (χ1n) is 12.2. The Bertz CT molecular complexity index is 1220. The minimum atomic E-state index is -0.207. The van der Waals surface area contributed by atoms with Crippen LogP contribution in [0, 0.1) is 5.92 Å². The summed E-state index contributed by atoms with van der Waals surface area (Å²) >= 11 is 0. The van der Waals surface area contributed by atoms with E-state index in [0.29, 0.717) is 49.6 Å². The third kappa shape index (κ3) is 7.10. The van der Waals surface area contributed by atoms with Crippen LogP contribution in [0.3, 0.4) is 0 Å². The average molecular weight is 502 g/mol. The number of rotatable bonds is 9. The van der Waals surface area contributed by atoms with Crippen molar-refractivity contribution in [3.63, 3.8) is 0 Å². The second-order valence-electron chi connectivity index (χ2n) is 8.75. The molecule has 0 spiro atoms. The fraction of sp³-hybridized carbons (Fsp3) is 0.276. The van der Waals surface area contributed by atoms with Gasteiger partial charge in [-0.25, -0.2) is 5.43 Å². The summed E-state index contributed by atoms with van der Waals surface area (Å²) in [6.07, 6.45) is 2.73. The van der Waals surface area contributed by atoms with Gasteiger partial charge in [0.1, 0.15) is 23.9 Å². The zero-order valence-corrected chi connectivity index (χ0v) is 21.1. The smallest absolute Gasteiger partial charge is 0.254 e. The molecule has 0 saturated carbocycles. The highest BCUT2D eigenvalue weighted by Gasteiger charge is 2.28. The molecular formula is C29H31N3O5. The molecule has 1 fully saturated rings. The molecule has 0 unspecified atom stereocenters. The molecule has 192 valence electrons. The first kappa shape index (κ1) is 25.8. The summed E-state index contributed by atoms with van der Waals surface area (Å²) < 4.78 is 16.4. The van der Waals surface area contributed by atoms with E-state index in [1.165, 1.54) is 0 Å². The molecule has 3 aromatic rings. The second kappa shape index (κ2) is 12.6. The van der Waals surface area contributed by atoms with Crippen LogP contribution in [0.1, 0.15) is 34.3 Å². The minimum absolute atomic E-state index is 0.108. The van der Waals surface area contributed by atoms with Gasteiger partial charge in [0, 0.05) is 30.6 Å². The molecule has 1 aliphatic heterocycles. The van der Waals surface area contributed by atoms with Crippen LogP contribution in [0.25, 0.3) is 0 Å². The molecule has 8 nitrogen and oxygen atoms in total. The number of nitrogens with one attached hydrogen (secondary N) is 1. The molecule has 0 aromatic heterocycles. The number of hydrogen-bond acceptors (Lipinski definition) is 6. The predicted molar refractivity (Wildman–Crippen MR) is 141 cm³/mol. The molecule has 3 aromatic carbocycles. The van der Waals surface area contributed by atoms with Gasteiger partial charge in [-0.3, -0.25) is 9.59 Å². The number of hydrazone groups is 1. The van der Waals surface area contributed by atoms with E-state index in [4.69, 9.17) is 14.2 Å².